The molecular weight excluding hydrogens is 520 g/mol. The lowest BCUT2D eigenvalue weighted by Crippen LogP contribution is -2.15. The first-order valence-electron chi connectivity index (χ1n) is 11.9. The highest BCUT2D eigenvalue weighted by molar-refractivity contribution is 6.05. The summed E-state index contributed by atoms with van der Waals surface area (Å²) in [6, 6.07) is 20.1. The molecule has 39 heavy (non-hydrogen) atoms. The average Bonchev–Trinajstić information content (AvgIpc) is 2.89. The summed E-state index contributed by atoms with van der Waals surface area (Å²) in [5.74, 6) is -0.538. The Kier molecular flexibility index (Phi) is 8.23. The number of alkyl halides is 6. The van der Waals surface area contributed by atoms with Crippen LogP contribution in [0.1, 0.15) is 38.3 Å². The normalized spacial score (nSPS) is 11.7. The summed E-state index contributed by atoms with van der Waals surface area (Å²) in [6.07, 6.45) is -7.74. The number of pyridine rings is 1. The van der Waals surface area contributed by atoms with Gasteiger partial charge in [-0.3, -0.25) is 9.78 Å². The zero-order valence-electron chi connectivity index (χ0n) is 20.4. The van der Waals surface area contributed by atoms with Gasteiger partial charge in [0.15, 0.2) is 0 Å². The average molecular weight is 544 g/mol. The summed E-state index contributed by atoms with van der Waals surface area (Å²) in [4.78, 5) is 17.3. The third-order valence-corrected chi connectivity index (χ3v) is 5.88. The first-order chi connectivity index (χ1) is 18.5. The SMILES string of the molecule is O=C(Nc1ccc(NCCc2ccccn2)cc1)c1ccccc1Cc1cc(C(F)(F)F)cc(C(F)(F)F)c1. The molecule has 0 aliphatic heterocycles. The first kappa shape index (κ1) is 27.7. The van der Waals surface area contributed by atoms with E-state index >= 15 is 0 Å². The van der Waals surface area contributed by atoms with E-state index in [0.29, 0.717) is 24.4 Å². The summed E-state index contributed by atoms with van der Waals surface area (Å²) >= 11 is 0. The minimum atomic E-state index is -4.95. The second-order valence-electron chi connectivity index (χ2n) is 8.78. The molecule has 0 saturated heterocycles. The molecule has 0 aliphatic rings. The number of aromatic nitrogens is 1. The Bertz CT molecular complexity index is 1390. The molecule has 3 aromatic carbocycles. The molecule has 0 spiro atoms. The molecule has 10 heteroatoms. The van der Waals surface area contributed by atoms with Crippen LogP contribution in [0.15, 0.2) is 91.1 Å². The highest BCUT2D eigenvalue weighted by Gasteiger charge is 2.37. The van der Waals surface area contributed by atoms with Crippen LogP contribution in [0.2, 0.25) is 0 Å². The molecule has 1 aromatic heterocycles. The maximum atomic E-state index is 13.3. The van der Waals surface area contributed by atoms with Gasteiger partial charge in [-0.25, -0.2) is 0 Å². The Morgan fingerprint density at radius 1 is 0.744 bits per heavy atom. The standard InChI is InChI=1S/C29H23F6N3O/c30-28(31,32)21-16-19(17-22(18-21)29(33,34)35)15-20-5-1-2-7-26(20)27(39)38-25-10-8-24(9-11-25)37-14-12-23-6-3-4-13-36-23/h1-11,13,16-18,37H,12,14-15H2,(H,38,39). The van der Waals surface area contributed by atoms with Gasteiger partial charge in [0.2, 0.25) is 0 Å². The Labute approximate surface area is 220 Å². The highest BCUT2D eigenvalue weighted by Crippen LogP contribution is 2.37. The minimum absolute atomic E-state index is 0.0825. The van der Waals surface area contributed by atoms with Crippen molar-refractivity contribution in [1.29, 1.82) is 0 Å². The van der Waals surface area contributed by atoms with E-state index in [4.69, 9.17) is 0 Å². The zero-order chi connectivity index (χ0) is 28.0. The molecule has 1 amide bonds. The minimum Gasteiger partial charge on any atom is -0.385 e. The Morgan fingerprint density at radius 2 is 1.36 bits per heavy atom. The number of nitrogens with one attached hydrogen (secondary N) is 2. The van der Waals surface area contributed by atoms with E-state index in [1.807, 2.05) is 18.2 Å². The van der Waals surface area contributed by atoms with E-state index in [1.165, 1.54) is 12.1 Å². The summed E-state index contributed by atoms with van der Waals surface area (Å²) in [6.45, 7) is 0.654. The van der Waals surface area contributed by atoms with Crippen LogP contribution in [-0.2, 0) is 25.2 Å². The molecule has 0 saturated carbocycles. The van der Waals surface area contributed by atoms with Crippen molar-refractivity contribution in [3.8, 4) is 0 Å². The molecule has 0 bridgehead atoms. The fraction of sp³-hybridized carbons (Fsp3) is 0.172. The van der Waals surface area contributed by atoms with Gasteiger partial charge in [0, 0.05) is 41.8 Å². The van der Waals surface area contributed by atoms with Crippen molar-refractivity contribution in [3.63, 3.8) is 0 Å². The number of amides is 1. The Morgan fingerprint density at radius 3 is 1.97 bits per heavy atom. The van der Waals surface area contributed by atoms with Crippen molar-refractivity contribution < 1.29 is 31.1 Å². The van der Waals surface area contributed by atoms with E-state index < -0.39 is 29.4 Å². The second-order valence-corrected chi connectivity index (χ2v) is 8.78. The van der Waals surface area contributed by atoms with Gasteiger partial charge in [0.25, 0.3) is 5.91 Å². The molecule has 4 aromatic rings. The van der Waals surface area contributed by atoms with Crippen molar-refractivity contribution in [1.82, 2.24) is 4.98 Å². The van der Waals surface area contributed by atoms with Crippen LogP contribution in [0.5, 0.6) is 0 Å². The number of hydrogen-bond donors (Lipinski definition) is 2. The molecular formula is C29H23F6N3O. The Balaban J connectivity index is 1.46. The predicted octanol–water partition coefficient (Wildman–Crippen LogP) is 7.62. The van der Waals surface area contributed by atoms with Crippen LogP contribution < -0.4 is 10.6 Å². The number of anilines is 2. The van der Waals surface area contributed by atoms with Crippen molar-refractivity contribution in [2.24, 2.45) is 0 Å². The lowest BCUT2D eigenvalue weighted by molar-refractivity contribution is -0.143. The van der Waals surface area contributed by atoms with E-state index in [1.54, 1.807) is 42.6 Å². The smallest absolute Gasteiger partial charge is 0.385 e. The maximum Gasteiger partial charge on any atom is 0.416 e. The number of hydrogen-bond acceptors (Lipinski definition) is 3. The number of rotatable bonds is 8. The van der Waals surface area contributed by atoms with Gasteiger partial charge in [-0.1, -0.05) is 24.3 Å². The van der Waals surface area contributed by atoms with Crippen LogP contribution in [0.4, 0.5) is 37.7 Å². The van der Waals surface area contributed by atoms with Crippen molar-refractivity contribution >= 4 is 17.3 Å². The number of nitrogens with zero attached hydrogens (tertiary/aromatic N) is 1. The van der Waals surface area contributed by atoms with Crippen LogP contribution >= 0.6 is 0 Å². The Hall–Kier alpha value is -4.34. The van der Waals surface area contributed by atoms with Gasteiger partial charge in [-0.15, -0.1) is 0 Å². The molecule has 4 rings (SSSR count). The largest absolute Gasteiger partial charge is 0.416 e. The lowest BCUT2D eigenvalue weighted by Gasteiger charge is -2.15. The summed E-state index contributed by atoms with van der Waals surface area (Å²) in [5, 5.41) is 5.99. The fourth-order valence-corrected chi connectivity index (χ4v) is 3.99. The summed E-state index contributed by atoms with van der Waals surface area (Å²) < 4.78 is 79.6. The van der Waals surface area contributed by atoms with Crippen LogP contribution in [0.3, 0.4) is 0 Å². The molecule has 202 valence electrons. The van der Waals surface area contributed by atoms with Crippen molar-refractivity contribution in [3.05, 3.63) is 125 Å². The monoisotopic (exact) mass is 543 g/mol. The molecule has 0 fully saturated rings. The zero-order valence-corrected chi connectivity index (χ0v) is 20.4. The topological polar surface area (TPSA) is 54.0 Å². The molecule has 0 radical (unpaired) electrons. The first-order valence-corrected chi connectivity index (χ1v) is 11.9. The van der Waals surface area contributed by atoms with Gasteiger partial charge in [-0.2, -0.15) is 26.3 Å². The fourth-order valence-electron chi connectivity index (χ4n) is 3.99. The van der Waals surface area contributed by atoms with E-state index in [9.17, 15) is 31.1 Å². The number of carbonyl (C=O) groups is 1. The number of halogens is 6. The summed E-state index contributed by atoms with van der Waals surface area (Å²) in [5.41, 5.74) is -0.328. The van der Waals surface area contributed by atoms with Crippen LogP contribution in [-0.4, -0.2) is 17.4 Å². The number of carbonyl (C=O) groups excluding carboxylic acids is 1. The predicted molar refractivity (Wildman–Crippen MR) is 137 cm³/mol. The van der Waals surface area contributed by atoms with Crippen LogP contribution in [0, 0.1) is 0 Å². The van der Waals surface area contributed by atoms with Crippen molar-refractivity contribution in [2.45, 2.75) is 25.2 Å². The molecule has 0 unspecified atom stereocenters. The van der Waals surface area contributed by atoms with E-state index in [-0.39, 0.29) is 29.2 Å². The number of benzene rings is 3. The van der Waals surface area contributed by atoms with Gasteiger partial charge < -0.3 is 10.6 Å². The molecule has 2 N–H and O–H groups in total. The molecule has 0 aliphatic carbocycles. The van der Waals surface area contributed by atoms with Crippen molar-refractivity contribution in [2.75, 3.05) is 17.2 Å². The molecule has 1 heterocycles. The van der Waals surface area contributed by atoms with Gasteiger partial charge in [-0.05, 0) is 78.2 Å². The van der Waals surface area contributed by atoms with Gasteiger partial charge in [0.1, 0.15) is 0 Å². The highest BCUT2D eigenvalue weighted by atomic mass is 19.4. The quantitative estimate of drug-likeness (QED) is 0.225. The maximum absolute atomic E-state index is 13.3. The van der Waals surface area contributed by atoms with E-state index in [0.717, 1.165) is 17.8 Å². The molecule has 0 atom stereocenters. The van der Waals surface area contributed by atoms with Gasteiger partial charge in [0.05, 0.1) is 11.1 Å². The third kappa shape index (κ3) is 7.59. The molecule has 4 nitrogen and oxygen atoms in total. The van der Waals surface area contributed by atoms with Crippen LogP contribution in [0.25, 0.3) is 0 Å². The van der Waals surface area contributed by atoms with E-state index in [2.05, 4.69) is 15.6 Å². The summed E-state index contributed by atoms with van der Waals surface area (Å²) in [7, 11) is 0. The second kappa shape index (κ2) is 11.6. The lowest BCUT2D eigenvalue weighted by atomic mass is 9.96. The van der Waals surface area contributed by atoms with Gasteiger partial charge >= 0.3 is 12.4 Å². The third-order valence-electron chi connectivity index (χ3n) is 5.88.